The lowest BCUT2D eigenvalue weighted by Gasteiger charge is -2.18. The third kappa shape index (κ3) is 7.75. The summed E-state index contributed by atoms with van der Waals surface area (Å²) in [5.74, 6) is 0.389. The van der Waals surface area contributed by atoms with Crippen LogP contribution in [0.3, 0.4) is 0 Å². The van der Waals surface area contributed by atoms with Gasteiger partial charge in [-0.3, -0.25) is 0 Å². The van der Waals surface area contributed by atoms with Gasteiger partial charge in [-0.1, -0.05) is 6.92 Å². The molecule has 0 radical (unpaired) electrons. The van der Waals surface area contributed by atoms with Crippen LogP contribution in [0.4, 0.5) is 17.6 Å². The SMILES string of the molecule is CCNC(CCCC(F)(F)F)CSc1ccc(F)cc1. The van der Waals surface area contributed by atoms with Crippen LogP contribution in [-0.4, -0.2) is 24.5 Å². The summed E-state index contributed by atoms with van der Waals surface area (Å²) in [5.41, 5.74) is 0. The normalized spacial score (nSPS) is 13.4. The van der Waals surface area contributed by atoms with E-state index in [9.17, 15) is 17.6 Å². The van der Waals surface area contributed by atoms with E-state index in [-0.39, 0.29) is 18.3 Å². The minimum atomic E-state index is -4.08. The van der Waals surface area contributed by atoms with Crippen molar-refractivity contribution >= 4 is 11.8 Å². The summed E-state index contributed by atoms with van der Waals surface area (Å²) in [6.07, 6.45) is -4.20. The maximum Gasteiger partial charge on any atom is 0.389 e. The average Bonchev–Trinajstić information content (AvgIpc) is 2.36. The number of halogens is 4. The van der Waals surface area contributed by atoms with Crippen molar-refractivity contribution in [2.24, 2.45) is 0 Å². The highest BCUT2D eigenvalue weighted by atomic mass is 32.2. The Morgan fingerprint density at radius 3 is 2.40 bits per heavy atom. The Bertz CT molecular complexity index is 378. The summed E-state index contributed by atoms with van der Waals surface area (Å²) in [6.45, 7) is 2.65. The standard InChI is InChI=1S/C14H19F4NS/c1-2-19-12(4-3-9-14(16,17)18)10-20-13-7-5-11(15)6-8-13/h5-8,12,19H,2-4,9-10H2,1H3. The Morgan fingerprint density at radius 2 is 1.85 bits per heavy atom. The summed E-state index contributed by atoms with van der Waals surface area (Å²) in [4.78, 5) is 0.921. The molecule has 1 atom stereocenters. The van der Waals surface area contributed by atoms with Crippen LogP contribution in [0, 0.1) is 5.82 Å². The van der Waals surface area contributed by atoms with E-state index in [0.717, 1.165) is 11.4 Å². The fourth-order valence-corrected chi connectivity index (χ4v) is 2.82. The highest BCUT2D eigenvalue weighted by Gasteiger charge is 2.26. The van der Waals surface area contributed by atoms with Crippen molar-refractivity contribution < 1.29 is 17.6 Å². The van der Waals surface area contributed by atoms with Crippen molar-refractivity contribution in [3.63, 3.8) is 0 Å². The number of thioether (sulfide) groups is 1. The molecule has 0 saturated carbocycles. The Kier molecular flexibility index (Phi) is 7.37. The molecule has 0 aromatic heterocycles. The van der Waals surface area contributed by atoms with E-state index in [1.54, 1.807) is 12.1 Å². The second-order valence-corrected chi connectivity index (χ2v) is 5.62. The van der Waals surface area contributed by atoms with Gasteiger partial charge in [-0.15, -0.1) is 11.8 Å². The summed E-state index contributed by atoms with van der Waals surface area (Å²) >= 11 is 1.52. The molecule has 0 spiro atoms. The predicted molar refractivity (Wildman–Crippen MR) is 74.5 cm³/mol. The molecular weight excluding hydrogens is 290 g/mol. The maximum atomic E-state index is 12.8. The van der Waals surface area contributed by atoms with Crippen molar-refractivity contribution in [3.8, 4) is 0 Å². The zero-order valence-electron chi connectivity index (χ0n) is 11.3. The molecule has 0 aliphatic carbocycles. The molecular formula is C14H19F4NS. The number of alkyl halides is 3. The smallest absolute Gasteiger partial charge is 0.313 e. The van der Waals surface area contributed by atoms with E-state index < -0.39 is 12.6 Å². The van der Waals surface area contributed by atoms with Gasteiger partial charge in [-0.25, -0.2) is 4.39 Å². The van der Waals surface area contributed by atoms with Crippen molar-refractivity contribution in [3.05, 3.63) is 30.1 Å². The number of hydrogen-bond donors (Lipinski definition) is 1. The molecule has 1 N–H and O–H groups in total. The lowest BCUT2D eigenvalue weighted by molar-refractivity contribution is -0.135. The first-order valence-electron chi connectivity index (χ1n) is 6.59. The number of nitrogens with one attached hydrogen (secondary N) is 1. The van der Waals surface area contributed by atoms with Gasteiger partial charge in [0, 0.05) is 23.1 Å². The number of rotatable bonds is 8. The van der Waals surface area contributed by atoms with Gasteiger partial charge in [-0.05, 0) is 43.7 Å². The number of benzene rings is 1. The first kappa shape index (κ1) is 17.3. The molecule has 0 saturated heterocycles. The molecule has 20 heavy (non-hydrogen) atoms. The Hall–Kier alpha value is -0.750. The minimum Gasteiger partial charge on any atom is -0.313 e. The zero-order chi connectivity index (χ0) is 15.0. The van der Waals surface area contributed by atoms with Gasteiger partial charge < -0.3 is 5.32 Å². The molecule has 1 aromatic rings. The van der Waals surface area contributed by atoms with Crippen LogP contribution in [0.25, 0.3) is 0 Å². The van der Waals surface area contributed by atoms with Crippen LogP contribution in [0.5, 0.6) is 0 Å². The molecule has 1 unspecified atom stereocenters. The summed E-state index contributed by atoms with van der Waals surface area (Å²) in [6, 6.07) is 6.16. The lowest BCUT2D eigenvalue weighted by Crippen LogP contribution is -2.31. The van der Waals surface area contributed by atoms with E-state index >= 15 is 0 Å². The molecule has 0 amide bonds. The number of hydrogen-bond acceptors (Lipinski definition) is 2. The summed E-state index contributed by atoms with van der Waals surface area (Å²) in [7, 11) is 0. The lowest BCUT2D eigenvalue weighted by atomic mass is 10.1. The fourth-order valence-electron chi connectivity index (χ4n) is 1.81. The van der Waals surface area contributed by atoms with Gasteiger partial charge in [0.25, 0.3) is 0 Å². The minimum absolute atomic E-state index is 0.0393. The van der Waals surface area contributed by atoms with Crippen molar-refractivity contribution in [1.82, 2.24) is 5.32 Å². The molecule has 0 fully saturated rings. The first-order chi connectivity index (χ1) is 9.40. The fraction of sp³-hybridized carbons (Fsp3) is 0.571. The summed E-state index contributed by atoms with van der Waals surface area (Å²) in [5, 5.41) is 3.19. The Morgan fingerprint density at radius 1 is 1.20 bits per heavy atom. The van der Waals surface area contributed by atoms with Crippen molar-refractivity contribution in [1.29, 1.82) is 0 Å². The van der Waals surface area contributed by atoms with E-state index in [2.05, 4.69) is 5.32 Å². The Labute approximate surface area is 121 Å². The molecule has 114 valence electrons. The van der Waals surface area contributed by atoms with E-state index in [0.29, 0.717) is 12.2 Å². The van der Waals surface area contributed by atoms with Gasteiger partial charge in [0.1, 0.15) is 5.82 Å². The van der Waals surface area contributed by atoms with Gasteiger partial charge in [-0.2, -0.15) is 13.2 Å². The van der Waals surface area contributed by atoms with Crippen molar-refractivity contribution in [2.75, 3.05) is 12.3 Å². The van der Waals surface area contributed by atoms with E-state index in [4.69, 9.17) is 0 Å². The van der Waals surface area contributed by atoms with Crippen LogP contribution in [-0.2, 0) is 0 Å². The topological polar surface area (TPSA) is 12.0 Å². The Balaban J connectivity index is 2.36. The third-order valence-corrected chi connectivity index (χ3v) is 3.94. The third-order valence-electron chi connectivity index (χ3n) is 2.77. The van der Waals surface area contributed by atoms with E-state index in [1.165, 1.54) is 23.9 Å². The highest BCUT2D eigenvalue weighted by Crippen LogP contribution is 2.24. The zero-order valence-corrected chi connectivity index (χ0v) is 12.2. The molecule has 1 rings (SSSR count). The second kappa shape index (κ2) is 8.52. The van der Waals surface area contributed by atoms with Gasteiger partial charge in [0.05, 0.1) is 0 Å². The first-order valence-corrected chi connectivity index (χ1v) is 7.58. The van der Waals surface area contributed by atoms with Crippen LogP contribution in [0.15, 0.2) is 29.2 Å². The molecule has 0 heterocycles. The van der Waals surface area contributed by atoms with Crippen molar-refractivity contribution in [2.45, 2.75) is 43.3 Å². The molecule has 6 heteroatoms. The van der Waals surface area contributed by atoms with E-state index in [1.807, 2.05) is 6.92 Å². The molecule has 0 bridgehead atoms. The molecule has 0 aliphatic heterocycles. The van der Waals surface area contributed by atoms with Crippen LogP contribution >= 0.6 is 11.8 Å². The second-order valence-electron chi connectivity index (χ2n) is 4.53. The van der Waals surface area contributed by atoms with Crippen LogP contribution < -0.4 is 5.32 Å². The monoisotopic (exact) mass is 309 g/mol. The largest absolute Gasteiger partial charge is 0.389 e. The highest BCUT2D eigenvalue weighted by molar-refractivity contribution is 7.99. The van der Waals surface area contributed by atoms with Gasteiger partial charge >= 0.3 is 6.18 Å². The molecule has 1 aromatic carbocycles. The maximum absolute atomic E-state index is 12.8. The molecule has 0 aliphatic rings. The summed E-state index contributed by atoms with van der Waals surface area (Å²) < 4.78 is 49.1. The van der Waals surface area contributed by atoms with Crippen LogP contribution in [0.1, 0.15) is 26.2 Å². The van der Waals surface area contributed by atoms with Gasteiger partial charge in [0.2, 0.25) is 0 Å². The molecule has 1 nitrogen and oxygen atoms in total. The quantitative estimate of drug-likeness (QED) is 0.555. The van der Waals surface area contributed by atoms with Gasteiger partial charge in [0.15, 0.2) is 0 Å². The average molecular weight is 309 g/mol. The van der Waals surface area contributed by atoms with Crippen LogP contribution in [0.2, 0.25) is 0 Å². The predicted octanol–water partition coefficient (Wildman–Crippen LogP) is 4.63.